The van der Waals surface area contributed by atoms with E-state index in [0.717, 1.165) is 11.8 Å². The van der Waals surface area contributed by atoms with Gasteiger partial charge in [-0.3, -0.25) is 0 Å². The number of piperidine rings is 1. The maximum Gasteiger partial charge on any atom is 0.410 e. The van der Waals surface area contributed by atoms with Gasteiger partial charge in [0.05, 0.1) is 0 Å². The molecule has 4 aliphatic carbocycles. The van der Waals surface area contributed by atoms with Crippen LogP contribution in [0.4, 0.5) is 4.79 Å². The van der Waals surface area contributed by atoms with Gasteiger partial charge in [0.25, 0.3) is 0 Å². The lowest BCUT2D eigenvalue weighted by atomic mass is 9.53. The van der Waals surface area contributed by atoms with Crippen molar-refractivity contribution in [2.24, 2.45) is 23.7 Å². The molecule has 0 aromatic carbocycles. The highest BCUT2D eigenvalue weighted by Gasteiger charge is 2.66. The van der Waals surface area contributed by atoms with Crippen LogP contribution < -0.4 is 0 Å². The SMILES string of the molecule is CC(C)(C)OC(=O)N1CCC2(CC1)OOC1(O2)C2CC3CC(C2)CC1C3. The minimum absolute atomic E-state index is 0.254. The molecule has 4 saturated carbocycles. The van der Waals surface area contributed by atoms with Crippen molar-refractivity contribution >= 4 is 6.09 Å². The lowest BCUT2D eigenvalue weighted by molar-refractivity contribution is -0.390. The van der Waals surface area contributed by atoms with E-state index in [9.17, 15) is 4.79 Å². The summed E-state index contributed by atoms with van der Waals surface area (Å²) in [5.41, 5.74) is -0.472. The number of likely N-dealkylation sites (tertiary alicyclic amines) is 1. The number of amides is 1. The molecule has 4 bridgehead atoms. The molecule has 0 N–H and O–H groups in total. The molecule has 1 amide bonds. The third-order valence-electron chi connectivity index (χ3n) is 7.12. The van der Waals surface area contributed by atoms with Crippen LogP contribution in [-0.2, 0) is 19.2 Å². The summed E-state index contributed by atoms with van der Waals surface area (Å²) in [4.78, 5) is 26.0. The Morgan fingerprint density at radius 3 is 2.08 bits per heavy atom. The first-order valence-electron chi connectivity index (χ1n) is 10.3. The van der Waals surface area contributed by atoms with Crippen molar-refractivity contribution < 1.29 is 24.0 Å². The molecular formula is C20H31NO5. The normalized spacial score (nSPS) is 43.4. The Morgan fingerprint density at radius 1 is 0.962 bits per heavy atom. The van der Waals surface area contributed by atoms with E-state index in [1.54, 1.807) is 4.90 Å². The number of carbonyl (C=O) groups excluding carboxylic acids is 1. The molecule has 0 atom stereocenters. The van der Waals surface area contributed by atoms with E-state index in [2.05, 4.69) is 0 Å². The Bertz CT molecular complexity index is 561. The van der Waals surface area contributed by atoms with Crippen molar-refractivity contribution in [3.8, 4) is 0 Å². The summed E-state index contributed by atoms with van der Waals surface area (Å²) < 4.78 is 12.1. The van der Waals surface area contributed by atoms with Crippen LogP contribution >= 0.6 is 0 Å². The standard InChI is InChI=1S/C20H31NO5/c1-18(2,3)23-17(22)21-6-4-19(5-7-21)24-20(26-25-19)15-9-13-8-14(11-15)12-16(20)10-13/h13-16H,4-12H2,1-3H3. The first-order valence-corrected chi connectivity index (χ1v) is 10.3. The first kappa shape index (κ1) is 17.3. The van der Waals surface area contributed by atoms with Gasteiger partial charge in [-0.2, -0.15) is 9.78 Å². The Morgan fingerprint density at radius 2 is 1.54 bits per heavy atom. The second-order valence-electron chi connectivity index (χ2n) is 10.2. The fourth-order valence-corrected chi connectivity index (χ4v) is 6.15. The van der Waals surface area contributed by atoms with Crippen LogP contribution in [-0.4, -0.2) is 41.3 Å². The van der Waals surface area contributed by atoms with Crippen LogP contribution in [0.25, 0.3) is 0 Å². The van der Waals surface area contributed by atoms with Crippen molar-refractivity contribution in [3.05, 3.63) is 0 Å². The van der Waals surface area contributed by atoms with Gasteiger partial charge >= 0.3 is 6.09 Å². The Balaban J connectivity index is 1.25. The number of carbonyl (C=O) groups is 1. The van der Waals surface area contributed by atoms with Gasteiger partial charge in [-0.15, -0.1) is 0 Å². The van der Waals surface area contributed by atoms with Crippen molar-refractivity contribution in [2.75, 3.05) is 13.1 Å². The molecule has 6 aliphatic rings. The van der Waals surface area contributed by atoms with Gasteiger partial charge in [-0.1, -0.05) is 0 Å². The summed E-state index contributed by atoms with van der Waals surface area (Å²) >= 11 is 0. The van der Waals surface area contributed by atoms with E-state index < -0.39 is 17.2 Å². The molecule has 6 heteroatoms. The number of hydrogen-bond donors (Lipinski definition) is 0. The summed E-state index contributed by atoms with van der Waals surface area (Å²) in [5.74, 6) is 1.46. The zero-order valence-corrected chi connectivity index (χ0v) is 16.2. The van der Waals surface area contributed by atoms with Crippen LogP contribution in [0.2, 0.25) is 0 Å². The van der Waals surface area contributed by atoms with Gasteiger partial charge in [-0.25, -0.2) is 4.79 Å². The summed E-state index contributed by atoms with van der Waals surface area (Å²) in [6.45, 7) is 6.83. The number of rotatable bonds is 0. The second-order valence-corrected chi connectivity index (χ2v) is 10.2. The molecule has 2 spiro atoms. The van der Waals surface area contributed by atoms with E-state index in [4.69, 9.17) is 19.2 Å². The molecule has 0 radical (unpaired) electrons. The highest BCUT2D eigenvalue weighted by atomic mass is 17.3. The van der Waals surface area contributed by atoms with Gasteiger partial charge in [0.15, 0.2) is 0 Å². The van der Waals surface area contributed by atoms with E-state index >= 15 is 0 Å². The third-order valence-corrected chi connectivity index (χ3v) is 7.12. The molecule has 0 unspecified atom stereocenters. The Hall–Kier alpha value is -0.850. The summed E-state index contributed by atoms with van der Waals surface area (Å²) in [5, 5.41) is 0. The number of nitrogens with zero attached hydrogens (tertiary/aromatic N) is 1. The lowest BCUT2D eigenvalue weighted by Gasteiger charge is -2.57. The highest BCUT2D eigenvalue weighted by molar-refractivity contribution is 5.68. The quantitative estimate of drug-likeness (QED) is 0.611. The van der Waals surface area contributed by atoms with Crippen molar-refractivity contribution in [1.29, 1.82) is 0 Å². The average molecular weight is 365 g/mol. The minimum Gasteiger partial charge on any atom is -0.444 e. The van der Waals surface area contributed by atoms with E-state index in [0.29, 0.717) is 37.8 Å². The number of hydrogen-bond acceptors (Lipinski definition) is 5. The van der Waals surface area contributed by atoms with Crippen LogP contribution in [0, 0.1) is 23.7 Å². The summed E-state index contributed by atoms with van der Waals surface area (Å²) in [6, 6.07) is 0. The molecular weight excluding hydrogens is 334 g/mol. The maximum atomic E-state index is 12.3. The highest BCUT2D eigenvalue weighted by Crippen LogP contribution is 2.63. The van der Waals surface area contributed by atoms with Crippen LogP contribution in [0.1, 0.15) is 65.7 Å². The maximum absolute atomic E-state index is 12.3. The van der Waals surface area contributed by atoms with E-state index in [1.807, 2.05) is 20.8 Å². The third kappa shape index (κ3) is 2.68. The van der Waals surface area contributed by atoms with Gasteiger partial charge in [0, 0.05) is 37.8 Å². The molecule has 6 rings (SSSR count). The molecule has 2 aliphatic heterocycles. The van der Waals surface area contributed by atoms with Gasteiger partial charge in [-0.05, 0) is 64.7 Å². The summed E-state index contributed by atoms with van der Waals surface area (Å²) in [7, 11) is 0. The molecule has 146 valence electrons. The average Bonchev–Trinajstić information content (AvgIpc) is 2.91. The minimum atomic E-state index is -0.687. The molecule has 2 heterocycles. The van der Waals surface area contributed by atoms with Gasteiger partial charge in [0.1, 0.15) is 5.60 Å². The van der Waals surface area contributed by atoms with Crippen molar-refractivity contribution in [3.63, 3.8) is 0 Å². The second kappa shape index (κ2) is 5.58. The van der Waals surface area contributed by atoms with Crippen LogP contribution in [0.5, 0.6) is 0 Å². The fraction of sp³-hybridized carbons (Fsp3) is 0.950. The smallest absolute Gasteiger partial charge is 0.410 e. The largest absolute Gasteiger partial charge is 0.444 e. The molecule has 0 aromatic rings. The van der Waals surface area contributed by atoms with Crippen LogP contribution in [0.3, 0.4) is 0 Å². The molecule has 2 saturated heterocycles. The fourth-order valence-electron chi connectivity index (χ4n) is 6.15. The Labute approximate surface area is 155 Å². The molecule has 6 fully saturated rings. The number of ether oxygens (including phenoxy) is 2. The monoisotopic (exact) mass is 365 g/mol. The van der Waals surface area contributed by atoms with Gasteiger partial charge in [0.2, 0.25) is 11.6 Å². The first-order chi connectivity index (χ1) is 12.3. The van der Waals surface area contributed by atoms with Crippen molar-refractivity contribution in [2.45, 2.75) is 82.9 Å². The topological polar surface area (TPSA) is 57.2 Å². The summed E-state index contributed by atoms with van der Waals surface area (Å²) in [6.07, 6.45) is 7.30. The van der Waals surface area contributed by atoms with Crippen molar-refractivity contribution in [1.82, 2.24) is 4.90 Å². The van der Waals surface area contributed by atoms with Gasteiger partial charge < -0.3 is 14.4 Å². The van der Waals surface area contributed by atoms with E-state index in [1.165, 1.54) is 32.1 Å². The lowest BCUT2D eigenvalue weighted by Crippen LogP contribution is -2.59. The zero-order valence-electron chi connectivity index (χ0n) is 16.2. The predicted molar refractivity (Wildman–Crippen MR) is 92.8 cm³/mol. The van der Waals surface area contributed by atoms with E-state index in [-0.39, 0.29) is 6.09 Å². The predicted octanol–water partition coefficient (Wildman–Crippen LogP) is 3.84. The van der Waals surface area contributed by atoms with Crippen LogP contribution in [0.15, 0.2) is 0 Å². The molecule has 6 nitrogen and oxygen atoms in total. The Kier molecular flexibility index (Phi) is 3.71. The molecule has 26 heavy (non-hydrogen) atoms. The zero-order chi connectivity index (χ0) is 18.2. The molecule has 0 aromatic heterocycles.